The fourth-order valence-electron chi connectivity index (χ4n) is 10.5. The maximum absolute atomic E-state index is 14.3. The number of carboxylic acids is 1. The summed E-state index contributed by atoms with van der Waals surface area (Å²) in [6.07, 6.45) is 1.05. The van der Waals surface area contributed by atoms with Crippen LogP contribution in [0.5, 0.6) is 5.75 Å². The first-order valence-corrected chi connectivity index (χ1v) is 35.4. The second kappa shape index (κ2) is 47.9. The molecule has 0 aliphatic heterocycles. The number of unbranched alkanes of at least 4 members (excludes halogenated alkanes) is 4. The van der Waals surface area contributed by atoms with E-state index in [4.69, 9.17) is 28.7 Å². The largest absolute Gasteiger partial charge is 0.508 e. The molecule has 26 N–H and O–H groups in total. The van der Waals surface area contributed by atoms with Gasteiger partial charge in [-0.25, -0.2) is 4.79 Å². The van der Waals surface area contributed by atoms with Crippen molar-refractivity contribution in [1.29, 1.82) is 0 Å². The van der Waals surface area contributed by atoms with Gasteiger partial charge in [0.25, 0.3) is 0 Å². The molecule has 0 heterocycles. The molecule has 34 heteroatoms. The van der Waals surface area contributed by atoms with Gasteiger partial charge in [-0.05, 0) is 172 Å². The highest BCUT2D eigenvalue weighted by molar-refractivity contribution is 6.00. The summed E-state index contributed by atoms with van der Waals surface area (Å²) in [6.45, 7) is 19.3. The van der Waals surface area contributed by atoms with E-state index in [9.17, 15) is 82.8 Å². The molecule has 0 aliphatic rings. The van der Waals surface area contributed by atoms with E-state index in [1.165, 1.54) is 45.0 Å². The van der Waals surface area contributed by atoms with Crippen molar-refractivity contribution in [3.63, 3.8) is 0 Å². The van der Waals surface area contributed by atoms with E-state index in [0.29, 0.717) is 76.4 Å². The van der Waals surface area contributed by atoms with Gasteiger partial charge in [-0.15, -0.1) is 0 Å². The zero-order valence-electron chi connectivity index (χ0n) is 61.5. The summed E-state index contributed by atoms with van der Waals surface area (Å²) in [5, 5.41) is 72.0. The highest BCUT2D eigenvalue weighted by atomic mass is 16.4. The van der Waals surface area contributed by atoms with Crippen molar-refractivity contribution in [2.24, 2.45) is 52.3 Å². The van der Waals surface area contributed by atoms with Crippen molar-refractivity contribution in [3.05, 3.63) is 29.8 Å². The van der Waals surface area contributed by atoms with Gasteiger partial charge in [0.15, 0.2) is 0 Å². The standard InChI is InChI=1S/C68H121N17O17/c1-35(2)33-49(62(95)83-53(38(7)8)68(101)102)79-67(100)55(42(12)87)85-63(96)50(34-43-25-27-44(88)28-26-43)80-66(99)54(41(11)86)84-57(90)40(10)74-56(89)39(9)75-64(97)51(36(3)4)82-65(98)52(37(5)6)81-61(94)48(24-16-20-32-72)78-60(93)47(23-15-19-31-71)77-59(92)46(22-14-18-30-70)76-58(91)45(73)21-13-17-29-69/h25-28,35-42,45-55,86-88H,13-24,29-34,69-73H2,1-12H3,(H,74,89)(H,75,97)(H,76,91)(H,77,92)(H,78,93)(H,79,100)(H,80,99)(H,81,94)(H,82,98)(H,83,95)(H,84,90)(H,85,96)(H,101,102)/t39-,40-,41+,42+,45-,46-,47-,48-,49-,50-,51-,52-,53-,54-,55-/m0/s1. The van der Waals surface area contributed by atoms with Crippen molar-refractivity contribution in [1.82, 2.24) is 63.8 Å². The SMILES string of the molecule is CC(C)C[C@H](NC(=O)[C@@H](NC(=O)[C@H](Cc1ccc(O)cc1)NC(=O)[C@@H](NC(=O)[C@H](C)NC(=O)[C@H](C)NC(=O)[C@@H](NC(=O)[C@@H](NC(=O)[C@H](CCCCN)NC(=O)[C@H](CCCCN)NC(=O)[C@H](CCCCN)NC(=O)[C@@H](N)CCCCN)C(C)C)C(C)C)[C@@H](C)O)[C@@H](C)O)C(=O)N[C@H](C(=O)O)C(C)C. The number of amides is 12. The van der Waals surface area contributed by atoms with E-state index in [1.54, 1.807) is 55.4 Å². The van der Waals surface area contributed by atoms with Crippen LogP contribution in [0.1, 0.15) is 172 Å². The molecular formula is C68H121N17O17. The Morgan fingerprint density at radius 3 is 1.03 bits per heavy atom. The van der Waals surface area contributed by atoms with E-state index in [2.05, 4.69) is 63.8 Å². The molecule has 580 valence electrons. The Labute approximate surface area is 599 Å². The second-order valence-electron chi connectivity index (χ2n) is 27.5. The monoisotopic (exact) mass is 1450 g/mol. The van der Waals surface area contributed by atoms with Gasteiger partial charge in [0.2, 0.25) is 70.9 Å². The van der Waals surface area contributed by atoms with E-state index in [1.807, 2.05) is 0 Å². The van der Waals surface area contributed by atoms with Gasteiger partial charge in [-0.2, -0.15) is 0 Å². The van der Waals surface area contributed by atoms with Crippen LogP contribution in [0.2, 0.25) is 0 Å². The maximum atomic E-state index is 14.3. The van der Waals surface area contributed by atoms with Crippen molar-refractivity contribution >= 4 is 76.9 Å². The third kappa shape index (κ3) is 33.8. The minimum Gasteiger partial charge on any atom is -0.508 e. The molecule has 15 atom stereocenters. The van der Waals surface area contributed by atoms with Crippen LogP contribution < -0.4 is 92.5 Å². The average molecular weight is 1450 g/mol. The molecule has 0 radical (unpaired) electrons. The first kappa shape index (κ1) is 91.9. The number of carbonyl (C=O) groups excluding carboxylic acids is 12. The Hall–Kier alpha value is -8.15. The van der Waals surface area contributed by atoms with Gasteiger partial charge in [-0.3, -0.25) is 57.5 Å². The number of hydrogen-bond acceptors (Lipinski definition) is 21. The van der Waals surface area contributed by atoms with Crippen molar-refractivity contribution < 1.29 is 82.8 Å². The lowest BCUT2D eigenvalue weighted by Gasteiger charge is -2.30. The van der Waals surface area contributed by atoms with Crippen LogP contribution in [0, 0.1) is 23.7 Å². The number of carbonyl (C=O) groups is 13. The minimum absolute atomic E-state index is 0.0207. The van der Waals surface area contributed by atoms with Crippen LogP contribution in [0.3, 0.4) is 0 Å². The number of aliphatic hydroxyl groups is 2. The number of hydrogen-bond donors (Lipinski definition) is 21. The Morgan fingerprint density at radius 2 is 0.637 bits per heavy atom. The molecule has 0 aromatic heterocycles. The zero-order valence-corrected chi connectivity index (χ0v) is 61.5. The van der Waals surface area contributed by atoms with E-state index in [0.717, 1.165) is 6.92 Å². The number of phenolic OH excluding ortho intramolecular Hbond substituents is 1. The summed E-state index contributed by atoms with van der Waals surface area (Å²) in [5.74, 6) is -13.9. The summed E-state index contributed by atoms with van der Waals surface area (Å²) >= 11 is 0. The molecule has 0 saturated heterocycles. The lowest BCUT2D eigenvalue weighted by Crippen LogP contribution is -2.63. The number of phenols is 1. The molecule has 0 fully saturated rings. The molecule has 1 aromatic carbocycles. The Balaban J connectivity index is 3.38. The van der Waals surface area contributed by atoms with Crippen LogP contribution in [-0.4, -0.2) is 214 Å². The lowest BCUT2D eigenvalue weighted by molar-refractivity contribution is -0.143. The number of nitrogens with one attached hydrogen (secondary N) is 12. The van der Waals surface area contributed by atoms with Crippen LogP contribution in [0.25, 0.3) is 0 Å². The van der Waals surface area contributed by atoms with Crippen molar-refractivity contribution in [3.8, 4) is 5.75 Å². The summed E-state index contributed by atoms with van der Waals surface area (Å²) in [5.41, 5.74) is 29.4. The number of carboxylic acid groups (broad SMARTS) is 1. The Bertz CT molecular complexity index is 2850. The number of rotatable bonds is 50. The lowest BCUT2D eigenvalue weighted by atomic mass is 9.98. The highest BCUT2D eigenvalue weighted by Crippen LogP contribution is 2.16. The van der Waals surface area contributed by atoms with Crippen molar-refractivity contribution in [2.45, 2.75) is 264 Å². The number of aromatic hydroxyl groups is 1. The summed E-state index contributed by atoms with van der Waals surface area (Å²) in [4.78, 5) is 179. The third-order valence-electron chi connectivity index (χ3n) is 16.7. The molecule has 34 nitrogen and oxygen atoms in total. The normalized spacial score (nSPS) is 15.9. The molecule has 0 aliphatic carbocycles. The minimum atomic E-state index is -1.82. The number of nitrogens with two attached hydrogens (primary N) is 5. The molecule has 0 spiro atoms. The fourth-order valence-corrected chi connectivity index (χ4v) is 10.5. The van der Waals surface area contributed by atoms with Gasteiger partial charge < -0.3 is 113 Å². The van der Waals surface area contributed by atoms with Crippen LogP contribution in [-0.2, 0) is 68.7 Å². The van der Waals surface area contributed by atoms with E-state index in [-0.39, 0.29) is 56.9 Å². The van der Waals surface area contributed by atoms with Gasteiger partial charge >= 0.3 is 5.97 Å². The number of aliphatic hydroxyl groups excluding tert-OH is 2. The second-order valence-corrected chi connectivity index (χ2v) is 27.5. The van der Waals surface area contributed by atoms with E-state index < -0.39 is 185 Å². The fraction of sp³-hybridized carbons (Fsp3) is 0.721. The summed E-state index contributed by atoms with van der Waals surface area (Å²) < 4.78 is 0. The topological polar surface area (TPSA) is 577 Å². The molecule has 1 rings (SSSR count). The maximum Gasteiger partial charge on any atom is 0.326 e. The van der Waals surface area contributed by atoms with Crippen molar-refractivity contribution in [2.75, 3.05) is 26.2 Å². The van der Waals surface area contributed by atoms with Gasteiger partial charge in [-0.1, -0.05) is 73.9 Å². The van der Waals surface area contributed by atoms with Gasteiger partial charge in [0.1, 0.15) is 78.3 Å². The van der Waals surface area contributed by atoms with E-state index >= 15 is 0 Å². The third-order valence-corrected chi connectivity index (χ3v) is 16.7. The molecule has 0 bridgehead atoms. The molecule has 12 amide bonds. The Kier molecular flexibility index (Phi) is 43.2. The van der Waals surface area contributed by atoms with Crippen LogP contribution in [0.15, 0.2) is 24.3 Å². The number of benzene rings is 1. The molecule has 0 unspecified atom stereocenters. The smallest absolute Gasteiger partial charge is 0.326 e. The molecular weight excluding hydrogens is 1330 g/mol. The quantitative estimate of drug-likeness (QED) is 0.0281. The average Bonchev–Trinajstić information content (AvgIpc) is 0.850. The highest BCUT2D eigenvalue weighted by Gasteiger charge is 2.39. The zero-order chi connectivity index (χ0) is 77.7. The number of aliphatic carboxylic acids is 1. The van der Waals surface area contributed by atoms with Crippen LogP contribution in [0.4, 0.5) is 0 Å². The predicted octanol–water partition coefficient (Wildman–Crippen LogP) is -3.50. The molecule has 0 saturated carbocycles. The molecule has 102 heavy (non-hydrogen) atoms. The summed E-state index contributed by atoms with van der Waals surface area (Å²) in [6, 6.07) is -12.4. The van der Waals surface area contributed by atoms with Gasteiger partial charge in [0.05, 0.1) is 18.2 Å². The Morgan fingerprint density at radius 1 is 0.343 bits per heavy atom. The first-order chi connectivity index (χ1) is 47.8. The van der Waals surface area contributed by atoms with Gasteiger partial charge in [0, 0.05) is 6.42 Å². The molecule has 1 aromatic rings. The summed E-state index contributed by atoms with van der Waals surface area (Å²) in [7, 11) is 0. The predicted molar refractivity (Wildman–Crippen MR) is 381 cm³/mol. The van der Waals surface area contributed by atoms with Crippen LogP contribution >= 0.6 is 0 Å². The first-order valence-electron chi connectivity index (χ1n) is 35.4.